The first-order valence-electron chi connectivity index (χ1n) is 8.64. The lowest BCUT2D eigenvalue weighted by atomic mass is 10.0. The summed E-state index contributed by atoms with van der Waals surface area (Å²) >= 11 is 3.86. The Morgan fingerprint density at radius 3 is 2.54 bits per heavy atom. The molecule has 0 amide bonds. The molecule has 1 aromatic carbocycles. The molecule has 2 fully saturated rings. The summed E-state index contributed by atoms with van der Waals surface area (Å²) in [5.74, 6) is 4.26. The van der Waals surface area contributed by atoms with Crippen LogP contribution in [0.25, 0.3) is 10.2 Å². The zero-order chi connectivity index (χ0) is 15.9. The molecule has 2 aromatic rings. The summed E-state index contributed by atoms with van der Waals surface area (Å²) in [6, 6.07) is 4.84. The summed E-state index contributed by atoms with van der Waals surface area (Å²) in [6.45, 7) is 5.08. The fraction of sp³-hybridized carbons (Fsp3) is 0.588. The lowest BCUT2D eigenvalue weighted by molar-refractivity contribution is 0.174. The van der Waals surface area contributed by atoms with Crippen molar-refractivity contribution in [2.45, 2.75) is 18.9 Å². The third-order valence-corrected chi connectivity index (χ3v) is 7.19. The molecule has 0 unspecified atom stereocenters. The molecule has 3 aliphatic heterocycles. The van der Waals surface area contributed by atoms with Crippen LogP contribution in [0.4, 0.5) is 5.13 Å². The monoisotopic (exact) mass is 363 g/mol. The van der Waals surface area contributed by atoms with E-state index < -0.39 is 0 Å². The predicted molar refractivity (Wildman–Crippen MR) is 99.9 cm³/mol. The van der Waals surface area contributed by atoms with Gasteiger partial charge in [0.1, 0.15) is 0 Å². The average Bonchev–Trinajstić information content (AvgIpc) is 3.26. The van der Waals surface area contributed by atoms with Crippen molar-refractivity contribution in [1.82, 2.24) is 9.88 Å². The highest BCUT2D eigenvalue weighted by Gasteiger charge is 2.27. The van der Waals surface area contributed by atoms with E-state index in [9.17, 15) is 0 Å². The van der Waals surface area contributed by atoms with Gasteiger partial charge in [-0.1, -0.05) is 11.3 Å². The minimum Gasteiger partial charge on any atom is -0.454 e. The summed E-state index contributed by atoms with van der Waals surface area (Å²) in [5.41, 5.74) is 1.02. The number of fused-ring (bicyclic) bond motifs is 2. The highest BCUT2D eigenvalue weighted by Crippen LogP contribution is 2.40. The molecular formula is C17H21N3O2S2. The maximum Gasteiger partial charge on any atom is 0.231 e. The number of hydrogen-bond acceptors (Lipinski definition) is 7. The molecule has 0 bridgehead atoms. The van der Waals surface area contributed by atoms with Gasteiger partial charge in [-0.15, -0.1) is 0 Å². The maximum absolute atomic E-state index is 5.48. The molecule has 0 N–H and O–H groups in total. The quantitative estimate of drug-likeness (QED) is 0.816. The third kappa shape index (κ3) is 2.72. The first kappa shape index (κ1) is 15.1. The molecule has 24 heavy (non-hydrogen) atoms. The Hall–Kier alpha value is -1.18. The second-order valence-electron chi connectivity index (χ2n) is 6.54. The van der Waals surface area contributed by atoms with Crippen molar-refractivity contribution in [2.75, 3.05) is 49.4 Å². The number of piperidine rings is 1. The Labute approximate surface area is 149 Å². The third-order valence-electron chi connectivity index (χ3n) is 5.17. The van der Waals surface area contributed by atoms with Crippen LogP contribution in [0.15, 0.2) is 12.1 Å². The standard InChI is InChI=1S/C17H21N3O2S2/c1-3-20(4-2-12(1)19-5-7-23-8-6-19)17-18-13-9-14-15(22-11-21-14)10-16(13)24-17/h9-10,12H,1-8,11H2. The second kappa shape index (κ2) is 6.28. The van der Waals surface area contributed by atoms with E-state index in [1.54, 1.807) is 11.3 Å². The van der Waals surface area contributed by atoms with E-state index in [-0.39, 0.29) is 0 Å². The molecule has 0 radical (unpaired) electrons. The van der Waals surface area contributed by atoms with Crippen molar-refractivity contribution in [1.29, 1.82) is 0 Å². The van der Waals surface area contributed by atoms with Crippen molar-refractivity contribution in [3.8, 4) is 11.5 Å². The summed E-state index contributed by atoms with van der Waals surface area (Å²) in [6.07, 6.45) is 2.51. The Bertz CT molecular complexity index is 696. The fourth-order valence-corrected chi connectivity index (χ4v) is 5.76. The smallest absolute Gasteiger partial charge is 0.231 e. The van der Waals surface area contributed by atoms with Crippen molar-refractivity contribution in [2.24, 2.45) is 0 Å². The van der Waals surface area contributed by atoms with Gasteiger partial charge in [0.25, 0.3) is 0 Å². The molecule has 7 heteroatoms. The minimum absolute atomic E-state index is 0.321. The van der Waals surface area contributed by atoms with Gasteiger partial charge in [0.05, 0.1) is 10.2 Å². The summed E-state index contributed by atoms with van der Waals surface area (Å²) in [7, 11) is 0. The van der Waals surface area contributed by atoms with Gasteiger partial charge >= 0.3 is 0 Å². The van der Waals surface area contributed by atoms with E-state index >= 15 is 0 Å². The molecule has 5 rings (SSSR count). The molecule has 0 spiro atoms. The molecule has 4 heterocycles. The number of anilines is 1. The molecule has 5 nitrogen and oxygen atoms in total. The molecule has 0 saturated carbocycles. The second-order valence-corrected chi connectivity index (χ2v) is 8.77. The minimum atomic E-state index is 0.321. The zero-order valence-electron chi connectivity index (χ0n) is 13.6. The molecular weight excluding hydrogens is 342 g/mol. The van der Waals surface area contributed by atoms with Gasteiger partial charge in [0.2, 0.25) is 6.79 Å². The van der Waals surface area contributed by atoms with Crippen LogP contribution < -0.4 is 14.4 Å². The van der Waals surface area contributed by atoms with Crippen molar-refractivity contribution < 1.29 is 9.47 Å². The number of thiazole rings is 1. The largest absolute Gasteiger partial charge is 0.454 e. The summed E-state index contributed by atoms with van der Waals surface area (Å²) in [5, 5.41) is 1.14. The van der Waals surface area contributed by atoms with Crippen LogP contribution in [0.2, 0.25) is 0 Å². The van der Waals surface area contributed by atoms with Crippen LogP contribution >= 0.6 is 23.1 Å². The van der Waals surface area contributed by atoms with E-state index in [0.29, 0.717) is 6.79 Å². The number of rotatable bonds is 2. The van der Waals surface area contributed by atoms with Gasteiger partial charge < -0.3 is 14.4 Å². The van der Waals surface area contributed by atoms with Crippen molar-refractivity contribution in [3.63, 3.8) is 0 Å². The first-order valence-corrected chi connectivity index (χ1v) is 10.6. The van der Waals surface area contributed by atoms with E-state index in [0.717, 1.165) is 41.3 Å². The summed E-state index contributed by atoms with van der Waals surface area (Å²) < 4.78 is 12.1. The van der Waals surface area contributed by atoms with Crippen LogP contribution in [0.3, 0.4) is 0 Å². The van der Waals surface area contributed by atoms with Gasteiger partial charge in [0, 0.05) is 55.9 Å². The molecule has 0 atom stereocenters. The molecule has 0 aliphatic carbocycles. The normalized spacial score (nSPS) is 22.4. The van der Waals surface area contributed by atoms with Crippen molar-refractivity contribution in [3.05, 3.63) is 12.1 Å². The zero-order valence-corrected chi connectivity index (χ0v) is 15.2. The number of benzene rings is 1. The number of ether oxygens (including phenoxy) is 2. The first-order chi connectivity index (χ1) is 11.9. The number of nitrogens with zero attached hydrogens (tertiary/aromatic N) is 3. The SMILES string of the molecule is c1c2c(cc3sc(N4CCC(N5CCSCC5)CC4)nc13)OCO2. The van der Waals surface area contributed by atoms with E-state index in [4.69, 9.17) is 14.5 Å². The van der Waals surface area contributed by atoms with Gasteiger partial charge in [-0.2, -0.15) is 11.8 Å². The number of thioether (sulfide) groups is 1. The van der Waals surface area contributed by atoms with E-state index in [1.807, 2.05) is 6.07 Å². The Morgan fingerprint density at radius 2 is 1.75 bits per heavy atom. The number of hydrogen-bond donors (Lipinski definition) is 0. The topological polar surface area (TPSA) is 37.8 Å². The molecule has 128 valence electrons. The van der Waals surface area contributed by atoms with Crippen LogP contribution in [-0.4, -0.2) is 60.4 Å². The fourth-order valence-electron chi connectivity index (χ4n) is 3.81. The number of aromatic nitrogens is 1. The van der Waals surface area contributed by atoms with E-state index in [2.05, 4.69) is 27.6 Å². The van der Waals surface area contributed by atoms with Crippen LogP contribution in [0.5, 0.6) is 11.5 Å². The Balaban J connectivity index is 1.30. The van der Waals surface area contributed by atoms with Gasteiger partial charge in [-0.25, -0.2) is 4.98 Å². The lowest BCUT2D eigenvalue weighted by Gasteiger charge is -2.40. The van der Waals surface area contributed by atoms with Crippen LogP contribution in [0, 0.1) is 0 Å². The lowest BCUT2D eigenvalue weighted by Crippen LogP contribution is -2.47. The Kier molecular flexibility index (Phi) is 3.95. The molecule has 1 aromatic heterocycles. The van der Waals surface area contributed by atoms with E-state index in [1.165, 1.54) is 42.1 Å². The summed E-state index contributed by atoms with van der Waals surface area (Å²) in [4.78, 5) is 9.99. The van der Waals surface area contributed by atoms with Crippen LogP contribution in [-0.2, 0) is 0 Å². The Morgan fingerprint density at radius 1 is 1.00 bits per heavy atom. The maximum atomic E-state index is 5.48. The van der Waals surface area contributed by atoms with Crippen molar-refractivity contribution >= 4 is 38.4 Å². The highest BCUT2D eigenvalue weighted by atomic mass is 32.2. The van der Waals surface area contributed by atoms with Gasteiger partial charge in [-0.05, 0) is 12.8 Å². The van der Waals surface area contributed by atoms with Gasteiger partial charge in [0.15, 0.2) is 16.6 Å². The molecule has 3 aliphatic rings. The van der Waals surface area contributed by atoms with Gasteiger partial charge in [-0.3, -0.25) is 4.90 Å². The average molecular weight is 364 g/mol. The molecule has 2 saturated heterocycles. The predicted octanol–water partition coefficient (Wildman–Crippen LogP) is 3.04. The van der Waals surface area contributed by atoms with Crippen LogP contribution in [0.1, 0.15) is 12.8 Å². The highest BCUT2D eigenvalue weighted by molar-refractivity contribution is 7.99.